The summed E-state index contributed by atoms with van der Waals surface area (Å²) in [7, 11) is 0. The molecule has 2 rings (SSSR count). The smallest absolute Gasteiger partial charge is 0.192 e. The highest BCUT2D eigenvalue weighted by Crippen LogP contribution is 2.36. The summed E-state index contributed by atoms with van der Waals surface area (Å²) in [5, 5.41) is 0. The van der Waals surface area contributed by atoms with Crippen LogP contribution in [0.2, 0.25) is 0 Å². The Kier molecular flexibility index (Phi) is 2.33. The van der Waals surface area contributed by atoms with Crippen LogP contribution in [0.25, 0.3) is 0 Å². The van der Waals surface area contributed by atoms with E-state index >= 15 is 0 Å². The molecule has 2 heteroatoms. The van der Waals surface area contributed by atoms with E-state index in [0.29, 0.717) is 0 Å². The molecule has 0 aliphatic carbocycles. The van der Waals surface area contributed by atoms with Crippen molar-refractivity contribution in [2.75, 3.05) is 0 Å². The lowest BCUT2D eigenvalue weighted by atomic mass is 10.1. The zero-order valence-electron chi connectivity index (χ0n) is 8.86. The second-order valence-corrected chi connectivity index (χ2v) is 3.96. The highest BCUT2D eigenvalue weighted by molar-refractivity contribution is 5.20. The third-order valence-electron chi connectivity index (χ3n) is 2.78. The molecule has 1 aromatic carbocycles. The van der Waals surface area contributed by atoms with Crippen LogP contribution in [0, 0.1) is 0 Å². The number of benzene rings is 1. The molecule has 0 amide bonds. The molecule has 0 N–H and O–H groups in total. The van der Waals surface area contributed by atoms with E-state index in [0.717, 1.165) is 5.56 Å². The summed E-state index contributed by atoms with van der Waals surface area (Å²) in [6, 6.07) is 10.1. The van der Waals surface area contributed by atoms with Gasteiger partial charge in [0.1, 0.15) is 0 Å². The lowest BCUT2D eigenvalue weighted by Crippen LogP contribution is -2.23. The molecule has 76 valence electrons. The Balaban J connectivity index is 2.27. The van der Waals surface area contributed by atoms with Crippen LogP contribution in [-0.2, 0) is 15.3 Å². The maximum atomic E-state index is 5.82. The van der Waals surface area contributed by atoms with Crippen LogP contribution >= 0.6 is 0 Å². The normalized spacial score (nSPS) is 30.5. The van der Waals surface area contributed by atoms with Crippen molar-refractivity contribution in [3.05, 3.63) is 35.9 Å². The molecule has 1 aliphatic heterocycles. The molecular weight excluding hydrogens is 176 g/mol. The average Bonchev–Trinajstić information content (AvgIpc) is 2.44. The molecule has 1 aromatic rings. The third kappa shape index (κ3) is 1.56. The van der Waals surface area contributed by atoms with Crippen LogP contribution in [0.5, 0.6) is 0 Å². The number of rotatable bonds is 1. The van der Waals surface area contributed by atoms with Crippen molar-refractivity contribution >= 4 is 0 Å². The van der Waals surface area contributed by atoms with Crippen LogP contribution < -0.4 is 0 Å². The number of ether oxygens (including phenoxy) is 2. The third-order valence-corrected chi connectivity index (χ3v) is 2.78. The summed E-state index contributed by atoms with van der Waals surface area (Å²) in [5.74, 6) is -0.569. The molecule has 0 radical (unpaired) electrons. The highest BCUT2D eigenvalue weighted by atomic mass is 16.8. The van der Waals surface area contributed by atoms with Gasteiger partial charge in [0.05, 0.1) is 12.2 Å². The van der Waals surface area contributed by atoms with E-state index in [1.165, 1.54) is 0 Å². The molecule has 0 aromatic heterocycles. The molecule has 1 fully saturated rings. The van der Waals surface area contributed by atoms with E-state index < -0.39 is 5.79 Å². The van der Waals surface area contributed by atoms with E-state index in [1.54, 1.807) is 0 Å². The molecule has 0 unspecified atom stereocenters. The standard InChI is InChI=1S/C12H16O2/c1-9-10(2)14-12(3,13-9)11-7-5-4-6-8-11/h4-10H,1-3H3/t9-,10-/m0/s1. The van der Waals surface area contributed by atoms with Crippen LogP contribution in [0.1, 0.15) is 26.3 Å². The Morgan fingerprint density at radius 1 is 1.00 bits per heavy atom. The minimum atomic E-state index is -0.569. The topological polar surface area (TPSA) is 18.5 Å². The quantitative estimate of drug-likeness (QED) is 0.681. The van der Waals surface area contributed by atoms with Crippen LogP contribution in [0.15, 0.2) is 30.3 Å². The number of hydrogen-bond donors (Lipinski definition) is 0. The van der Waals surface area contributed by atoms with Crippen molar-refractivity contribution in [3.8, 4) is 0 Å². The minimum absolute atomic E-state index is 0.153. The zero-order valence-corrected chi connectivity index (χ0v) is 8.86. The summed E-state index contributed by atoms with van der Waals surface area (Å²) in [4.78, 5) is 0. The van der Waals surface area contributed by atoms with Crippen molar-refractivity contribution in [1.29, 1.82) is 0 Å². The Morgan fingerprint density at radius 3 is 2.00 bits per heavy atom. The first-order chi connectivity index (χ1) is 6.62. The number of hydrogen-bond acceptors (Lipinski definition) is 2. The van der Waals surface area contributed by atoms with Gasteiger partial charge in [-0.15, -0.1) is 0 Å². The Hall–Kier alpha value is -0.860. The van der Waals surface area contributed by atoms with Gasteiger partial charge in [-0.05, 0) is 20.8 Å². The van der Waals surface area contributed by atoms with Gasteiger partial charge in [-0.25, -0.2) is 0 Å². The van der Waals surface area contributed by atoms with Gasteiger partial charge in [-0.2, -0.15) is 0 Å². The van der Waals surface area contributed by atoms with Crippen molar-refractivity contribution in [3.63, 3.8) is 0 Å². The maximum Gasteiger partial charge on any atom is 0.192 e. The largest absolute Gasteiger partial charge is 0.340 e. The summed E-state index contributed by atoms with van der Waals surface area (Å²) in [5.41, 5.74) is 1.08. The Labute approximate surface area is 84.8 Å². The monoisotopic (exact) mass is 192 g/mol. The van der Waals surface area contributed by atoms with Crippen molar-refractivity contribution in [2.24, 2.45) is 0 Å². The fraction of sp³-hybridized carbons (Fsp3) is 0.500. The van der Waals surface area contributed by atoms with E-state index in [1.807, 2.05) is 51.1 Å². The van der Waals surface area contributed by atoms with Gasteiger partial charge in [-0.3, -0.25) is 0 Å². The predicted molar refractivity (Wildman–Crippen MR) is 54.9 cm³/mol. The van der Waals surface area contributed by atoms with E-state index in [2.05, 4.69) is 0 Å². The van der Waals surface area contributed by atoms with Crippen molar-refractivity contribution < 1.29 is 9.47 Å². The lowest BCUT2D eigenvalue weighted by molar-refractivity contribution is -0.166. The first-order valence-electron chi connectivity index (χ1n) is 5.03. The van der Waals surface area contributed by atoms with E-state index in [-0.39, 0.29) is 12.2 Å². The van der Waals surface area contributed by atoms with Gasteiger partial charge in [0.2, 0.25) is 0 Å². The summed E-state index contributed by atoms with van der Waals surface area (Å²) in [6.45, 7) is 6.06. The second kappa shape index (κ2) is 3.37. The second-order valence-electron chi connectivity index (χ2n) is 3.96. The van der Waals surface area contributed by atoms with E-state index in [9.17, 15) is 0 Å². The van der Waals surface area contributed by atoms with Crippen LogP contribution in [0.3, 0.4) is 0 Å². The molecule has 2 atom stereocenters. The fourth-order valence-corrected chi connectivity index (χ4v) is 1.81. The molecule has 1 heterocycles. The highest BCUT2D eigenvalue weighted by Gasteiger charge is 2.41. The predicted octanol–water partition coefficient (Wildman–Crippen LogP) is 2.68. The van der Waals surface area contributed by atoms with Crippen LogP contribution in [-0.4, -0.2) is 12.2 Å². The summed E-state index contributed by atoms with van der Waals surface area (Å²) < 4.78 is 11.6. The summed E-state index contributed by atoms with van der Waals surface area (Å²) >= 11 is 0. The van der Waals surface area contributed by atoms with Gasteiger partial charge in [0.25, 0.3) is 0 Å². The molecule has 1 saturated heterocycles. The van der Waals surface area contributed by atoms with Gasteiger partial charge < -0.3 is 9.47 Å². The van der Waals surface area contributed by atoms with Gasteiger partial charge in [-0.1, -0.05) is 30.3 Å². The van der Waals surface area contributed by atoms with Gasteiger partial charge in [0.15, 0.2) is 5.79 Å². The molecule has 0 saturated carbocycles. The summed E-state index contributed by atoms with van der Waals surface area (Å²) in [6.07, 6.45) is 0.306. The van der Waals surface area contributed by atoms with E-state index in [4.69, 9.17) is 9.47 Å². The lowest BCUT2D eigenvalue weighted by Gasteiger charge is -2.23. The first-order valence-corrected chi connectivity index (χ1v) is 5.03. The SMILES string of the molecule is C[C@@H]1OC(C)(c2ccccc2)O[C@H]1C. The van der Waals surface area contributed by atoms with Gasteiger partial charge >= 0.3 is 0 Å². The average molecular weight is 192 g/mol. The van der Waals surface area contributed by atoms with Crippen LogP contribution in [0.4, 0.5) is 0 Å². The molecule has 0 bridgehead atoms. The van der Waals surface area contributed by atoms with Crippen molar-refractivity contribution in [2.45, 2.75) is 38.8 Å². The Bertz CT molecular complexity index is 297. The molecule has 2 nitrogen and oxygen atoms in total. The molecule has 0 spiro atoms. The molecule has 14 heavy (non-hydrogen) atoms. The van der Waals surface area contributed by atoms with Gasteiger partial charge in [0, 0.05) is 5.56 Å². The fourth-order valence-electron chi connectivity index (χ4n) is 1.81. The molecule has 1 aliphatic rings. The zero-order chi connectivity index (χ0) is 10.2. The molecular formula is C12H16O2. The maximum absolute atomic E-state index is 5.82. The Morgan fingerprint density at radius 2 is 1.50 bits per heavy atom. The minimum Gasteiger partial charge on any atom is -0.340 e. The first kappa shape index (κ1) is 9.69. The van der Waals surface area contributed by atoms with Crippen molar-refractivity contribution in [1.82, 2.24) is 0 Å².